The maximum absolute atomic E-state index is 2.53. The lowest BCUT2D eigenvalue weighted by Crippen LogP contribution is -1.95. The molecule has 0 N–H and O–H groups in total. The van der Waals surface area contributed by atoms with E-state index in [1.165, 1.54) is 106 Å². The quantitative estimate of drug-likeness (QED) is 0.152. The Morgan fingerprint density at radius 3 is 1.60 bits per heavy atom. The zero-order chi connectivity index (χ0) is 36.3. The third kappa shape index (κ3) is 5.45. The average Bonchev–Trinajstić information content (AvgIpc) is 4.05. The molecule has 1 fully saturated rings. The molecule has 0 saturated heterocycles. The molecule has 2 unspecified atom stereocenters. The van der Waals surface area contributed by atoms with Crippen molar-refractivity contribution in [2.75, 3.05) is 0 Å². The lowest BCUT2D eigenvalue weighted by Gasteiger charge is -2.20. The molecular formula is C55H38. The first-order valence-electron chi connectivity index (χ1n) is 19.5. The molecule has 2 aliphatic carbocycles. The molecule has 9 aromatic rings. The Morgan fingerprint density at radius 1 is 0.309 bits per heavy atom. The van der Waals surface area contributed by atoms with Crippen molar-refractivity contribution in [3.63, 3.8) is 0 Å². The first-order chi connectivity index (χ1) is 27.3. The molecular weight excluding hydrogens is 661 g/mol. The van der Waals surface area contributed by atoms with Gasteiger partial charge in [0, 0.05) is 0 Å². The Labute approximate surface area is 322 Å². The maximum atomic E-state index is 2.53. The van der Waals surface area contributed by atoms with Crippen molar-refractivity contribution in [2.24, 2.45) is 11.8 Å². The normalized spacial score (nSPS) is 16.0. The van der Waals surface area contributed by atoms with Crippen molar-refractivity contribution in [1.82, 2.24) is 0 Å². The van der Waals surface area contributed by atoms with Gasteiger partial charge in [0.1, 0.15) is 0 Å². The van der Waals surface area contributed by atoms with Crippen molar-refractivity contribution in [1.29, 1.82) is 0 Å². The number of rotatable bonds is 6. The zero-order valence-electron chi connectivity index (χ0n) is 30.5. The van der Waals surface area contributed by atoms with E-state index in [9.17, 15) is 0 Å². The molecule has 0 radical (unpaired) electrons. The third-order valence-corrected chi connectivity index (χ3v) is 11.9. The highest BCUT2D eigenvalue weighted by molar-refractivity contribution is 6.20. The van der Waals surface area contributed by atoms with Crippen LogP contribution in [0.5, 0.6) is 0 Å². The van der Waals surface area contributed by atoms with E-state index < -0.39 is 0 Å². The molecule has 0 heteroatoms. The third-order valence-electron chi connectivity index (χ3n) is 11.9. The molecule has 11 rings (SSSR count). The first kappa shape index (κ1) is 31.7. The van der Waals surface area contributed by atoms with Crippen LogP contribution in [0, 0.1) is 11.8 Å². The minimum Gasteiger partial charge on any atom is -0.0802 e. The predicted molar refractivity (Wildman–Crippen MR) is 235 cm³/mol. The van der Waals surface area contributed by atoms with Crippen LogP contribution in [0.3, 0.4) is 0 Å². The van der Waals surface area contributed by atoms with E-state index in [-0.39, 0.29) is 0 Å². The molecule has 0 bridgehead atoms. The summed E-state index contributed by atoms with van der Waals surface area (Å²) in [4.78, 5) is 0. The standard InChI is InChI=1S/C55H38/c1-3-14-36(15-4-1)38-18-13-19-40(32-38)45-30-31-47(46-21-8-7-20-44(46)37-16-5-2-6-17-37)48-29-28-42(35-53(45)48)55-51-24-11-9-22-49(51)54(50-23-10-12-25-52(50)55)41-27-26-39-33-43(39)34-41/h1-32,34-35,39,43H,33H2. The molecule has 0 aromatic heterocycles. The van der Waals surface area contributed by atoms with E-state index in [2.05, 4.69) is 206 Å². The van der Waals surface area contributed by atoms with Crippen LogP contribution < -0.4 is 0 Å². The molecule has 0 spiro atoms. The number of allylic oxidation sites excluding steroid dienone is 4. The SMILES string of the molecule is C1=CC2CC2C=C1c1c2ccccc2c(-c2ccc3c(-c4ccccc4-c4ccccc4)ccc(-c4cccc(-c5ccccc5)c4)c3c2)c2ccccc12. The summed E-state index contributed by atoms with van der Waals surface area (Å²) in [6, 6.07) is 69.4. The minimum absolute atomic E-state index is 0.678. The molecule has 1 saturated carbocycles. The topological polar surface area (TPSA) is 0 Å². The van der Waals surface area contributed by atoms with Gasteiger partial charge in [-0.15, -0.1) is 0 Å². The number of benzene rings is 9. The molecule has 0 nitrogen and oxygen atoms in total. The van der Waals surface area contributed by atoms with E-state index in [0.29, 0.717) is 5.92 Å². The summed E-state index contributed by atoms with van der Waals surface area (Å²) < 4.78 is 0. The lowest BCUT2D eigenvalue weighted by molar-refractivity contribution is 0.985. The van der Waals surface area contributed by atoms with E-state index in [1.54, 1.807) is 0 Å². The zero-order valence-corrected chi connectivity index (χ0v) is 30.5. The first-order valence-corrected chi connectivity index (χ1v) is 19.5. The second-order valence-corrected chi connectivity index (χ2v) is 15.2. The van der Waals surface area contributed by atoms with E-state index >= 15 is 0 Å². The highest BCUT2D eigenvalue weighted by atomic mass is 14.4. The molecule has 9 aromatic carbocycles. The number of fused-ring (bicyclic) bond motifs is 4. The predicted octanol–water partition coefficient (Wildman–Crippen LogP) is 15.1. The average molecular weight is 699 g/mol. The van der Waals surface area contributed by atoms with Gasteiger partial charge in [-0.3, -0.25) is 0 Å². The van der Waals surface area contributed by atoms with E-state index in [1.807, 2.05) is 0 Å². The van der Waals surface area contributed by atoms with Crippen molar-refractivity contribution < 1.29 is 0 Å². The Bertz CT molecular complexity index is 2940. The summed E-state index contributed by atoms with van der Waals surface area (Å²) in [6.45, 7) is 0. The number of hydrogen-bond donors (Lipinski definition) is 0. The molecule has 2 atom stereocenters. The van der Waals surface area contributed by atoms with Crippen LogP contribution in [0.2, 0.25) is 0 Å². The van der Waals surface area contributed by atoms with Crippen LogP contribution in [0.15, 0.2) is 206 Å². The summed E-state index contributed by atoms with van der Waals surface area (Å²) in [6.07, 6.45) is 8.62. The highest BCUT2D eigenvalue weighted by Gasteiger charge is 2.35. The number of hydrogen-bond acceptors (Lipinski definition) is 0. The highest BCUT2D eigenvalue weighted by Crippen LogP contribution is 2.50. The second kappa shape index (κ2) is 13.0. The van der Waals surface area contributed by atoms with E-state index in [0.717, 1.165) is 5.92 Å². The Morgan fingerprint density at radius 2 is 0.891 bits per heavy atom. The van der Waals surface area contributed by atoms with Crippen LogP contribution in [0.4, 0.5) is 0 Å². The van der Waals surface area contributed by atoms with Crippen LogP contribution in [-0.4, -0.2) is 0 Å². The Balaban J connectivity index is 1.18. The van der Waals surface area contributed by atoms with Gasteiger partial charge in [0.2, 0.25) is 0 Å². The molecule has 0 aliphatic heterocycles. The minimum atomic E-state index is 0.678. The lowest BCUT2D eigenvalue weighted by atomic mass is 9.83. The van der Waals surface area contributed by atoms with Gasteiger partial charge in [0.05, 0.1) is 0 Å². The van der Waals surface area contributed by atoms with Crippen LogP contribution in [0.1, 0.15) is 12.0 Å². The summed E-state index contributed by atoms with van der Waals surface area (Å²) in [5, 5.41) is 7.71. The van der Waals surface area contributed by atoms with Gasteiger partial charge in [-0.1, -0.05) is 194 Å². The van der Waals surface area contributed by atoms with Crippen molar-refractivity contribution in [2.45, 2.75) is 6.42 Å². The molecule has 55 heavy (non-hydrogen) atoms. The summed E-state index contributed by atoms with van der Waals surface area (Å²) in [5.41, 5.74) is 15.1. The fourth-order valence-electron chi connectivity index (χ4n) is 9.15. The Hall–Kier alpha value is -6.76. The molecule has 258 valence electrons. The van der Waals surface area contributed by atoms with Gasteiger partial charge >= 0.3 is 0 Å². The van der Waals surface area contributed by atoms with Gasteiger partial charge in [0.15, 0.2) is 0 Å². The molecule has 2 aliphatic rings. The fourth-order valence-corrected chi connectivity index (χ4v) is 9.15. The van der Waals surface area contributed by atoms with Crippen LogP contribution >= 0.6 is 0 Å². The fraction of sp³-hybridized carbons (Fsp3) is 0.0545. The van der Waals surface area contributed by atoms with Gasteiger partial charge in [-0.25, -0.2) is 0 Å². The van der Waals surface area contributed by atoms with Gasteiger partial charge in [0.25, 0.3) is 0 Å². The molecule has 0 heterocycles. The van der Waals surface area contributed by atoms with Gasteiger partial charge in [-0.05, 0) is 129 Å². The smallest absolute Gasteiger partial charge is 0.00261 e. The summed E-state index contributed by atoms with van der Waals surface area (Å²) in [5.74, 6) is 1.41. The van der Waals surface area contributed by atoms with Gasteiger partial charge < -0.3 is 0 Å². The second-order valence-electron chi connectivity index (χ2n) is 15.2. The summed E-state index contributed by atoms with van der Waals surface area (Å²) in [7, 11) is 0. The van der Waals surface area contributed by atoms with Crippen molar-refractivity contribution >= 4 is 37.9 Å². The van der Waals surface area contributed by atoms with Gasteiger partial charge in [-0.2, -0.15) is 0 Å². The van der Waals surface area contributed by atoms with Crippen molar-refractivity contribution in [3.05, 3.63) is 212 Å². The largest absolute Gasteiger partial charge is 0.0802 e. The van der Waals surface area contributed by atoms with Crippen molar-refractivity contribution in [3.8, 4) is 55.6 Å². The van der Waals surface area contributed by atoms with Crippen LogP contribution in [0.25, 0.3) is 93.5 Å². The van der Waals surface area contributed by atoms with E-state index in [4.69, 9.17) is 0 Å². The monoisotopic (exact) mass is 698 g/mol. The Kier molecular flexibility index (Phi) is 7.49. The van der Waals surface area contributed by atoms with Crippen LogP contribution in [-0.2, 0) is 0 Å². The molecule has 0 amide bonds. The maximum Gasteiger partial charge on any atom is -0.00261 e. The summed E-state index contributed by atoms with van der Waals surface area (Å²) >= 11 is 0.